The molecule has 1 amide bonds. The summed E-state index contributed by atoms with van der Waals surface area (Å²) in [5.41, 5.74) is 0.474. The number of piperidine rings is 1. The fourth-order valence-corrected chi connectivity index (χ4v) is 5.40. The number of carbonyl (C=O) groups excluding carboxylic acids is 1. The van der Waals surface area contributed by atoms with Crippen molar-refractivity contribution in [3.63, 3.8) is 0 Å². The molecule has 0 spiro atoms. The Morgan fingerprint density at radius 2 is 2.00 bits per heavy atom. The Labute approximate surface area is 130 Å². The first-order valence-corrected chi connectivity index (χ1v) is 9.58. The molecule has 3 heterocycles. The highest BCUT2D eigenvalue weighted by Gasteiger charge is 2.42. The first-order valence-electron chi connectivity index (χ1n) is 7.76. The molecule has 7 heteroatoms. The largest absolute Gasteiger partial charge is 0.469 e. The Morgan fingerprint density at radius 3 is 2.64 bits per heavy atom. The SMILES string of the molecule is Cc1occc1C(=O)N[C@H]1CS(=O)(=O)C[C@@H]1N1CCCCC1. The standard InChI is InChI=1S/C15H22N2O4S/c1-11-12(5-8-21-11)15(18)16-13-9-22(19,20)10-14(13)17-6-3-2-4-7-17/h5,8,13-14H,2-4,6-7,9-10H2,1H3,(H,16,18)/t13-,14-/m0/s1. The molecule has 1 aromatic heterocycles. The van der Waals surface area contributed by atoms with Gasteiger partial charge in [0.2, 0.25) is 0 Å². The van der Waals surface area contributed by atoms with Gasteiger partial charge in [-0.15, -0.1) is 0 Å². The fourth-order valence-electron chi connectivity index (χ4n) is 3.44. The van der Waals surface area contributed by atoms with E-state index in [1.54, 1.807) is 13.0 Å². The first kappa shape index (κ1) is 15.6. The minimum Gasteiger partial charge on any atom is -0.469 e. The van der Waals surface area contributed by atoms with Crippen LogP contribution in [-0.2, 0) is 9.84 Å². The van der Waals surface area contributed by atoms with E-state index in [0.29, 0.717) is 11.3 Å². The average Bonchev–Trinajstić information content (AvgIpc) is 3.03. The minimum atomic E-state index is -3.10. The second-order valence-electron chi connectivity index (χ2n) is 6.21. The van der Waals surface area contributed by atoms with Crippen LogP contribution in [0.3, 0.4) is 0 Å². The molecule has 22 heavy (non-hydrogen) atoms. The predicted octanol–water partition coefficient (Wildman–Crippen LogP) is 0.969. The van der Waals surface area contributed by atoms with E-state index >= 15 is 0 Å². The van der Waals surface area contributed by atoms with Gasteiger partial charge >= 0.3 is 0 Å². The summed E-state index contributed by atoms with van der Waals surface area (Å²) in [5.74, 6) is 0.460. The second-order valence-corrected chi connectivity index (χ2v) is 8.37. The molecule has 2 aliphatic rings. The van der Waals surface area contributed by atoms with E-state index in [-0.39, 0.29) is 29.5 Å². The van der Waals surface area contributed by atoms with Crippen molar-refractivity contribution in [2.75, 3.05) is 24.6 Å². The summed E-state index contributed by atoms with van der Waals surface area (Å²) in [7, 11) is -3.10. The molecule has 0 saturated carbocycles. The summed E-state index contributed by atoms with van der Waals surface area (Å²) in [6.45, 7) is 3.55. The van der Waals surface area contributed by atoms with E-state index < -0.39 is 9.84 Å². The predicted molar refractivity (Wildman–Crippen MR) is 82.6 cm³/mol. The Bertz CT molecular complexity index is 646. The van der Waals surface area contributed by atoms with Gasteiger partial charge in [-0.25, -0.2) is 8.42 Å². The van der Waals surface area contributed by atoms with Gasteiger partial charge in [0.25, 0.3) is 5.91 Å². The third kappa shape index (κ3) is 3.20. The quantitative estimate of drug-likeness (QED) is 0.895. The molecule has 0 aliphatic carbocycles. The van der Waals surface area contributed by atoms with E-state index in [9.17, 15) is 13.2 Å². The van der Waals surface area contributed by atoms with Crippen LogP contribution in [-0.4, -0.2) is 55.9 Å². The highest BCUT2D eigenvalue weighted by atomic mass is 32.2. The molecule has 1 aromatic rings. The summed E-state index contributed by atoms with van der Waals surface area (Å²) in [5, 5.41) is 2.91. The van der Waals surface area contributed by atoms with Gasteiger partial charge in [-0.1, -0.05) is 6.42 Å². The molecular weight excluding hydrogens is 304 g/mol. The second kappa shape index (κ2) is 6.04. The van der Waals surface area contributed by atoms with E-state index in [0.717, 1.165) is 25.9 Å². The number of hydrogen-bond acceptors (Lipinski definition) is 5. The Balaban J connectivity index is 1.75. The van der Waals surface area contributed by atoms with Crippen molar-refractivity contribution < 1.29 is 17.6 Å². The van der Waals surface area contributed by atoms with Gasteiger partial charge in [0.15, 0.2) is 9.84 Å². The minimum absolute atomic E-state index is 0.0246. The van der Waals surface area contributed by atoms with Gasteiger partial charge in [0.1, 0.15) is 5.76 Å². The Morgan fingerprint density at radius 1 is 1.27 bits per heavy atom. The number of rotatable bonds is 3. The molecular formula is C15H22N2O4S. The van der Waals surface area contributed by atoms with Crippen molar-refractivity contribution in [1.82, 2.24) is 10.2 Å². The van der Waals surface area contributed by atoms with Crippen molar-refractivity contribution in [2.24, 2.45) is 0 Å². The van der Waals surface area contributed by atoms with Crippen molar-refractivity contribution in [1.29, 1.82) is 0 Å². The van der Waals surface area contributed by atoms with E-state index in [4.69, 9.17) is 4.42 Å². The van der Waals surface area contributed by atoms with Crippen molar-refractivity contribution in [3.05, 3.63) is 23.7 Å². The molecule has 122 valence electrons. The van der Waals surface area contributed by atoms with Crippen LogP contribution in [0.1, 0.15) is 35.4 Å². The van der Waals surface area contributed by atoms with Crippen LogP contribution in [0.25, 0.3) is 0 Å². The third-order valence-electron chi connectivity index (χ3n) is 4.60. The number of nitrogens with one attached hydrogen (secondary N) is 1. The van der Waals surface area contributed by atoms with Gasteiger partial charge in [-0.2, -0.15) is 0 Å². The van der Waals surface area contributed by atoms with Crippen LogP contribution in [0.5, 0.6) is 0 Å². The summed E-state index contributed by atoms with van der Waals surface area (Å²) in [4.78, 5) is 14.6. The molecule has 0 radical (unpaired) electrons. The smallest absolute Gasteiger partial charge is 0.255 e. The number of aryl methyl sites for hydroxylation is 1. The number of amides is 1. The van der Waals surface area contributed by atoms with E-state index in [2.05, 4.69) is 10.2 Å². The normalized spacial score (nSPS) is 28.6. The summed E-state index contributed by atoms with van der Waals surface area (Å²) >= 11 is 0. The number of likely N-dealkylation sites (tertiary alicyclic amines) is 1. The summed E-state index contributed by atoms with van der Waals surface area (Å²) in [6.07, 6.45) is 4.86. The molecule has 0 aromatic carbocycles. The zero-order valence-corrected chi connectivity index (χ0v) is 13.6. The molecule has 0 bridgehead atoms. The monoisotopic (exact) mass is 326 g/mol. The Kier molecular flexibility index (Phi) is 4.27. The zero-order chi connectivity index (χ0) is 15.7. The van der Waals surface area contributed by atoms with E-state index in [1.165, 1.54) is 12.7 Å². The fraction of sp³-hybridized carbons (Fsp3) is 0.667. The van der Waals surface area contributed by atoms with Gasteiger partial charge < -0.3 is 9.73 Å². The van der Waals surface area contributed by atoms with Gasteiger partial charge in [0.05, 0.1) is 29.4 Å². The van der Waals surface area contributed by atoms with Crippen LogP contribution in [0, 0.1) is 6.92 Å². The maximum absolute atomic E-state index is 12.3. The lowest BCUT2D eigenvalue weighted by molar-refractivity contribution is 0.0898. The molecule has 3 rings (SSSR count). The van der Waals surface area contributed by atoms with Crippen LogP contribution >= 0.6 is 0 Å². The molecule has 2 atom stereocenters. The lowest BCUT2D eigenvalue weighted by Gasteiger charge is -2.34. The molecule has 1 N–H and O–H groups in total. The molecule has 6 nitrogen and oxygen atoms in total. The molecule has 2 aliphatic heterocycles. The number of nitrogens with zero attached hydrogens (tertiary/aromatic N) is 1. The van der Waals surface area contributed by atoms with Crippen molar-refractivity contribution >= 4 is 15.7 Å². The lowest BCUT2D eigenvalue weighted by atomic mass is 10.0. The Hall–Kier alpha value is -1.34. The molecule has 2 saturated heterocycles. The van der Waals surface area contributed by atoms with Crippen molar-refractivity contribution in [3.8, 4) is 0 Å². The first-order chi connectivity index (χ1) is 10.5. The average molecular weight is 326 g/mol. The van der Waals surface area contributed by atoms with Crippen molar-refractivity contribution in [2.45, 2.75) is 38.3 Å². The third-order valence-corrected chi connectivity index (χ3v) is 6.32. The number of furan rings is 1. The summed E-state index contributed by atoms with van der Waals surface area (Å²) in [6, 6.07) is 1.16. The highest BCUT2D eigenvalue weighted by Crippen LogP contribution is 2.23. The number of carbonyl (C=O) groups is 1. The van der Waals surface area contributed by atoms with Gasteiger partial charge in [0, 0.05) is 6.04 Å². The van der Waals surface area contributed by atoms with Crippen LogP contribution in [0.15, 0.2) is 16.7 Å². The van der Waals surface area contributed by atoms with E-state index in [1.807, 2.05) is 0 Å². The van der Waals surface area contributed by atoms with Gasteiger partial charge in [-0.3, -0.25) is 9.69 Å². The van der Waals surface area contributed by atoms with Crippen LogP contribution in [0.4, 0.5) is 0 Å². The lowest BCUT2D eigenvalue weighted by Crippen LogP contribution is -2.52. The summed E-state index contributed by atoms with van der Waals surface area (Å²) < 4.78 is 29.2. The van der Waals surface area contributed by atoms with Crippen LogP contribution in [0.2, 0.25) is 0 Å². The van der Waals surface area contributed by atoms with Gasteiger partial charge in [-0.05, 0) is 38.9 Å². The maximum Gasteiger partial charge on any atom is 0.255 e. The number of hydrogen-bond donors (Lipinski definition) is 1. The maximum atomic E-state index is 12.3. The molecule has 0 unspecified atom stereocenters. The van der Waals surface area contributed by atoms with Crippen LogP contribution < -0.4 is 5.32 Å². The highest BCUT2D eigenvalue weighted by molar-refractivity contribution is 7.91. The number of sulfone groups is 1. The molecule has 2 fully saturated rings. The zero-order valence-electron chi connectivity index (χ0n) is 12.7. The topological polar surface area (TPSA) is 79.6 Å².